The molecule has 0 spiro atoms. The van der Waals surface area contributed by atoms with Crippen molar-refractivity contribution >= 4 is 28.8 Å². The Bertz CT molecular complexity index is 1190. The van der Waals surface area contributed by atoms with E-state index in [-0.39, 0.29) is 23.4 Å². The minimum atomic E-state index is -4.44. The molecule has 0 atom stereocenters. The van der Waals surface area contributed by atoms with E-state index in [1.54, 1.807) is 5.38 Å². The van der Waals surface area contributed by atoms with Gasteiger partial charge in [0, 0.05) is 23.1 Å². The Labute approximate surface area is 170 Å². The number of fused-ring (bicyclic) bond motifs is 1. The number of amides is 2. The summed E-state index contributed by atoms with van der Waals surface area (Å²) < 4.78 is 38.1. The van der Waals surface area contributed by atoms with E-state index in [9.17, 15) is 32.9 Å². The third kappa shape index (κ3) is 3.43. The van der Waals surface area contributed by atoms with Gasteiger partial charge in [-0.3, -0.25) is 24.6 Å². The van der Waals surface area contributed by atoms with Crippen LogP contribution < -0.4 is 0 Å². The average Bonchev–Trinajstić information content (AvgIpc) is 3.26. The van der Waals surface area contributed by atoms with Crippen LogP contribution in [0.25, 0.3) is 10.6 Å². The number of hydrogen-bond acceptors (Lipinski definition) is 6. The fourth-order valence-corrected chi connectivity index (χ4v) is 3.83. The van der Waals surface area contributed by atoms with Crippen LogP contribution in [0, 0.1) is 10.1 Å². The quantitative estimate of drug-likeness (QED) is 0.342. The van der Waals surface area contributed by atoms with Crippen LogP contribution in [0.15, 0.2) is 47.8 Å². The number of nitrogens with zero attached hydrogens (tertiary/aromatic N) is 3. The molecule has 0 bridgehead atoms. The van der Waals surface area contributed by atoms with E-state index in [1.165, 1.54) is 18.2 Å². The minimum absolute atomic E-state index is 0.0487. The number of carbonyl (C=O) groups excluding carboxylic acids is 2. The van der Waals surface area contributed by atoms with Crippen molar-refractivity contribution in [3.63, 3.8) is 0 Å². The van der Waals surface area contributed by atoms with E-state index in [0.717, 1.165) is 40.5 Å². The van der Waals surface area contributed by atoms with Crippen LogP contribution in [0.5, 0.6) is 0 Å². The van der Waals surface area contributed by atoms with Gasteiger partial charge < -0.3 is 0 Å². The largest absolute Gasteiger partial charge is 0.416 e. The van der Waals surface area contributed by atoms with Gasteiger partial charge in [0.15, 0.2) is 0 Å². The molecule has 1 aliphatic rings. The maximum absolute atomic E-state index is 12.7. The summed E-state index contributed by atoms with van der Waals surface area (Å²) in [6.45, 7) is -0.155. The molecule has 2 aromatic carbocycles. The number of alkyl halides is 3. The predicted molar refractivity (Wildman–Crippen MR) is 99.9 cm³/mol. The summed E-state index contributed by atoms with van der Waals surface area (Å²) in [5.74, 6) is -1.25. The third-order valence-electron chi connectivity index (χ3n) is 4.50. The second-order valence-corrected chi connectivity index (χ2v) is 7.26. The normalized spacial score (nSPS) is 13.6. The fraction of sp³-hybridized carbons (Fsp3) is 0.105. The molecule has 0 aliphatic carbocycles. The van der Waals surface area contributed by atoms with Gasteiger partial charge in [0.05, 0.1) is 33.9 Å². The lowest BCUT2D eigenvalue weighted by atomic mass is 10.1. The summed E-state index contributed by atoms with van der Waals surface area (Å²) in [7, 11) is 0. The van der Waals surface area contributed by atoms with Gasteiger partial charge in [0.1, 0.15) is 5.01 Å². The summed E-state index contributed by atoms with van der Waals surface area (Å²) >= 11 is 1.16. The molecule has 0 saturated heterocycles. The molecule has 0 saturated carbocycles. The number of nitro benzene ring substituents is 1. The Morgan fingerprint density at radius 3 is 2.33 bits per heavy atom. The summed E-state index contributed by atoms with van der Waals surface area (Å²) in [4.78, 5) is 40.5. The molecule has 152 valence electrons. The molecule has 4 rings (SSSR count). The number of imide groups is 1. The van der Waals surface area contributed by atoms with Crippen LogP contribution in [-0.2, 0) is 12.7 Å². The lowest BCUT2D eigenvalue weighted by molar-refractivity contribution is -0.384. The van der Waals surface area contributed by atoms with Crippen LogP contribution >= 0.6 is 11.3 Å². The molecule has 2 amide bonds. The Balaban J connectivity index is 1.55. The van der Waals surface area contributed by atoms with Crippen LogP contribution in [0.2, 0.25) is 0 Å². The first-order valence-electron chi connectivity index (χ1n) is 8.42. The molecule has 2 heterocycles. The van der Waals surface area contributed by atoms with E-state index in [1.807, 2.05) is 0 Å². The Hall–Kier alpha value is -3.60. The number of hydrogen-bond donors (Lipinski definition) is 0. The standard InChI is InChI=1S/C19H10F3N3O4S/c20-19(21,22)11-3-1-10(2-4-11)16-23-12(9-30-16)8-24-17(26)14-6-5-13(25(28)29)7-15(14)18(24)27/h1-7,9H,8H2. The SMILES string of the molecule is O=C1c2ccc([N+](=O)[O-])cc2C(=O)N1Cc1csc(-c2ccc(C(F)(F)F)cc2)n1. The van der Waals surface area contributed by atoms with E-state index in [4.69, 9.17) is 0 Å². The second kappa shape index (κ2) is 7.02. The van der Waals surface area contributed by atoms with Crippen LogP contribution in [0.3, 0.4) is 0 Å². The van der Waals surface area contributed by atoms with Crippen LogP contribution in [0.4, 0.5) is 18.9 Å². The minimum Gasteiger partial charge on any atom is -0.269 e. The number of benzene rings is 2. The maximum Gasteiger partial charge on any atom is 0.416 e. The highest BCUT2D eigenvalue weighted by atomic mass is 32.1. The molecular weight excluding hydrogens is 423 g/mol. The van der Waals surface area contributed by atoms with Crippen molar-refractivity contribution in [2.75, 3.05) is 0 Å². The Morgan fingerprint density at radius 1 is 1.03 bits per heavy atom. The molecule has 1 aromatic heterocycles. The first-order chi connectivity index (χ1) is 14.1. The molecular formula is C19H10F3N3O4S. The van der Waals surface area contributed by atoms with Gasteiger partial charge in [-0.1, -0.05) is 12.1 Å². The fourth-order valence-electron chi connectivity index (χ4n) is 3.01. The lowest BCUT2D eigenvalue weighted by Crippen LogP contribution is -2.29. The molecule has 30 heavy (non-hydrogen) atoms. The van der Waals surface area contributed by atoms with E-state index >= 15 is 0 Å². The summed E-state index contributed by atoms with van der Waals surface area (Å²) in [6.07, 6.45) is -4.44. The highest BCUT2D eigenvalue weighted by Gasteiger charge is 2.37. The van der Waals surface area contributed by atoms with Crippen molar-refractivity contribution < 1.29 is 27.7 Å². The zero-order valence-corrected chi connectivity index (χ0v) is 15.7. The topological polar surface area (TPSA) is 93.4 Å². The molecule has 0 radical (unpaired) electrons. The third-order valence-corrected chi connectivity index (χ3v) is 5.44. The van der Waals surface area contributed by atoms with Gasteiger partial charge in [-0.05, 0) is 18.2 Å². The van der Waals surface area contributed by atoms with E-state index < -0.39 is 28.5 Å². The van der Waals surface area contributed by atoms with Crippen molar-refractivity contribution in [2.24, 2.45) is 0 Å². The van der Waals surface area contributed by atoms with Gasteiger partial charge >= 0.3 is 6.18 Å². The number of non-ortho nitro benzene ring substituents is 1. The van der Waals surface area contributed by atoms with Gasteiger partial charge in [-0.15, -0.1) is 11.3 Å². The monoisotopic (exact) mass is 433 g/mol. The molecule has 0 N–H and O–H groups in total. The van der Waals surface area contributed by atoms with Crippen molar-refractivity contribution in [2.45, 2.75) is 12.7 Å². The van der Waals surface area contributed by atoms with Crippen molar-refractivity contribution in [3.05, 3.63) is 80.3 Å². The number of rotatable bonds is 4. The highest BCUT2D eigenvalue weighted by molar-refractivity contribution is 7.13. The van der Waals surface area contributed by atoms with E-state index in [0.29, 0.717) is 16.3 Å². The van der Waals surface area contributed by atoms with Gasteiger partial charge in [0.2, 0.25) is 0 Å². The predicted octanol–water partition coefficient (Wildman–Crippen LogP) is 4.53. The molecule has 3 aromatic rings. The summed E-state index contributed by atoms with van der Waals surface area (Å²) in [5.41, 5.74) is -0.203. The second-order valence-electron chi connectivity index (χ2n) is 6.40. The lowest BCUT2D eigenvalue weighted by Gasteiger charge is -2.11. The van der Waals surface area contributed by atoms with Crippen LogP contribution in [-0.4, -0.2) is 26.6 Å². The summed E-state index contributed by atoms with van der Waals surface area (Å²) in [6, 6.07) is 7.95. The number of thiazole rings is 1. The van der Waals surface area contributed by atoms with Crippen molar-refractivity contribution in [1.82, 2.24) is 9.88 Å². The average molecular weight is 433 g/mol. The van der Waals surface area contributed by atoms with Gasteiger partial charge in [0.25, 0.3) is 17.5 Å². The smallest absolute Gasteiger partial charge is 0.269 e. The van der Waals surface area contributed by atoms with Crippen molar-refractivity contribution in [3.8, 4) is 10.6 Å². The van der Waals surface area contributed by atoms with Crippen LogP contribution in [0.1, 0.15) is 32.0 Å². The zero-order chi connectivity index (χ0) is 21.6. The Kier molecular flexibility index (Phi) is 4.61. The highest BCUT2D eigenvalue weighted by Crippen LogP contribution is 2.33. The molecule has 1 aliphatic heterocycles. The molecule has 11 heteroatoms. The number of nitro groups is 1. The molecule has 0 unspecified atom stereocenters. The molecule has 0 fully saturated rings. The van der Waals surface area contributed by atoms with Gasteiger partial charge in [-0.2, -0.15) is 13.2 Å². The Morgan fingerprint density at radius 2 is 1.70 bits per heavy atom. The van der Waals surface area contributed by atoms with Gasteiger partial charge in [-0.25, -0.2) is 4.98 Å². The zero-order valence-electron chi connectivity index (χ0n) is 14.8. The number of carbonyl (C=O) groups is 2. The summed E-state index contributed by atoms with van der Waals surface area (Å²) in [5, 5.41) is 12.9. The number of halogens is 3. The van der Waals surface area contributed by atoms with E-state index in [2.05, 4.69) is 4.98 Å². The maximum atomic E-state index is 12.7. The van der Waals surface area contributed by atoms with Crippen molar-refractivity contribution in [1.29, 1.82) is 0 Å². The number of aromatic nitrogens is 1. The first kappa shape index (κ1) is 19.7. The molecule has 7 nitrogen and oxygen atoms in total. The first-order valence-corrected chi connectivity index (χ1v) is 9.30.